The highest BCUT2D eigenvalue weighted by Crippen LogP contribution is 2.34. The Morgan fingerprint density at radius 1 is 1.16 bits per heavy atom. The molecule has 0 amide bonds. The first-order chi connectivity index (χ1) is 12.1. The number of ether oxygens (including phenoxy) is 2. The van der Waals surface area contributed by atoms with Crippen LogP contribution >= 0.6 is 0 Å². The van der Waals surface area contributed by atoms with Gasteiger partial charge in [-0.2, -0.15) is 0 Å². The average Bonchev–Trinajstić information content (AvgIpc) is 2.59. The number of allylic oxidation sites excluding steroid dienone is 1. The lowest BCUT2D eigenvalue weighted by molar-refractivity contribution is 0.221. The third-order valence-corrected chi connectivity index (χ3v) is 3.51. The minimum absolute atomic E-state index is 0.0893. The van der Waals surface area contributed by atoms with Crippen molar-refractivity contribution in [3.05, 3.63) is 66.2 Å². The summed E-state index contributed by atoms with van der Waals surface area (Å²) in [4.78, 5) is 0. The summed E-state index contributed by atoms with van der Waals surface area (Å²) in [7, 11) is 0. The predicted molar refractivity (Wildman–Crippen MR) is 104 cm³/mol. The molecule has 4 heteroatoms. The fourth-order valence-corrected chi connectivity index (χ4v) is 2.53. The molecule has 0 fully saturated rings. The molecule has 4 nitrogen and oxygen atoms in total. The minimum Gasteiger partial charge on any atom is -0.490 e. The number of hydrogen-bond donors (Lipinski definition) is 2. The normalized spacial score (nSPS) is 10.6. The molecule has 0 aliphatic rings. The summed E-state index contributed by atoms with van der Waals surface area (Å²) in [5.74, 6) is 1.60. The molecule has 0 bridgehead atoms. The average molecular weight is 340 g/mol. The van der Waals surface area contributed by atoms with Crippen LogP contribution in [0.25, 0.3) is 0 Å². The Kier molecular flexibility index (Phi) is 7.36. The van der Waals surface area contributed by atoms with Crippen LogP contribution in [0.15, 0.2) is 55.1 Å². The number of anilines is 1. The Labute approximate surface area is 150 Å². The molecule has 0 spiro atoms. The molecule has 2 rings (SSSR count). The van der Waals surface area contributed by atoms with Gasteiger partial charge in [-0.05, 0) is 51.0 Å². The van der Waals surface area contributed by atoms with E-state index in [9.17, 15) is 0 Å². The van der Waals surface area contributed by atoms with Crippen molar-refractivity contribution in [2.24, 2.45) is 0 Å². The fourth-order valence-electron chi connectivity index (χ4n) is 2.53. The fraction of sp³-hybridized carbons (Fsp3) is 0.333. The van der Waals surface area contributed by atoms with Crippen LogP contribution in [-0.4, -0.2) is 12.7 Å². The summed E-state index contributed by atoms with van der Waals surface area (Å²) in [5, 5.41) is 0. The van der Waals surface area contributed by atoms with E-state index in [0.29, 0.717) is 13.2 Å². The molecule has 0 aliphatic carbocycles. The van der Waals surface area contributed by atoms with Gasteiger partial charge in [-0.15, -0.1) is 6.58 Å². The largest absolute Gasteiger partial charge is 0.490 e. The van der Waals surface area contributed by atoms with Gasteiger partial charge in [-0.1, -0.05) is 30.3 Å². The van der Waals surface area contributed by atoms with Crippen LogP contribution in [0.1, 0.15) is 31.9 Å². The van der Waals surface area contributed by atoms with E-state index in [-0.39, 0.29) is 6.10 Å². The van der Waals surface area contributed by atoms with Gasteiger partial charge in [0.15, 0.2) is 11.5 Å². The van der Waals surface area contributed by atoms with Crippen molar-refractivity contribution < 1.29 is 9.47 Å². The maximum atomic E-state index is 6.00. The minimum atomic E-state index is 0.0893. The zero-order chi connectivity index (χ0) is 18.1. The smallest absolute Gasteiger partial charge is 0.165 e. The first-order valence-electron chi connectivity index (χ1n) is 8.74. The second kappa shape index (κ2) is 9.74. The van der Waals surface area contributed by atoms with Gasteiger partial charge in [-0.25, -0.2) is 5.43 Å². The highest BCUT2D eigenvalue weighted by molar-refractivity contribution is 5.50. The zero-order valence-corrected chi connectivity index (χ0v) is 15.3. The molecular weight excluding hydrogens is 312 g/mol. The number of rotatable bonds is 10. The van der Waals surface area contributed by atoms with Gasteiger partial charge in [-0.3, -0.25) is 0 Å². The maximum Gasteiger partial charge on any atom is 0.165 e. The molecule has 0 radical (unpaired) electrons. The molecule has 2 aromatic rings. The molecule has 2 N–H and O–H groups in total. The molecule has 2 aromatic carbocycles. The number of para-hydroxylation sites is 1. The highest BCUT2D eigenvalue weighted by Gasteiger charge is 2.14. The Bertz CT molecular complexity index is 669. The summed E-state index contributed by atoms with van der Waals surface area (Å²) >= 11 is 0. The van der Waals surface area contributed by atoms with Crippen molar-refractivity contribution in [3.8, 4) is 11.5 Å². The van der Waals surface area contributed by atoms with Gasteiger partial charge in [0.25, 0.3) is 0 Å². The molecule has 25 heavy (non-hydrogen) atoms. The van der Waals surface area contributed by atoms with Crippen LogP contribution in [0.5, 0.6) is 11.5 Å². The Morgan fingerprint density at radius 2 is 1.92 bits per heavy atom. The van der Waals surface area contributed by atoms with E-state index in [0.717, 1.165) is 34.7 Å². The molecule has 0 saturated carbocycles. The van der Waals surface area contributed by atoms with Crippen molar-refractivity contribution in [2.45, 2.75) is 39.8 Å². The van der Waals surface area contributed by atoms with Gasteiger partial charge < -0.3 is 14.9 Å². The first-order valence-corrected chi connectivity index (χ1v) is 8.74. The lowest BCUT2D eigenvalue weighted by atomic mass is 10.1. The van der Waals surface area contributed by atoms with E-state index in [1.165, 1.54) is 0 Å². The summed E-state index contributed by atoms with van der Waals surface area (Å²) in [5.41, 5.74) is 9.69. The van der Waals surface area contributed by atoms with Crippen molar-refractivity contribution in [1.29, 1.82) is 0 Å². The summed E-state index contributed by atoms with van der Waals surface area (Å²) < 4.78 is 11.8. The first kappa shape index (κ1) is 18.9. The van der Waals surface area contributed by atoms with Crippen LogP contribution < -0.4 is 20.3 Å². The summed E-state index contributed by atoms with van der Waals surface area (Å²) in [6.45, 7) is 11.1. The van der Waals surface area contributed by atoms with E-state index in [2.05, 4.69) is 23.5 Å². The second-order valence-electron chi connectivity index (χ2n) is 6.02. The topological polar surface area (TPSA) is 42.5 Å². The van der Waals surface area contributed by atoms with Gasteiger partial charge in [0.05, 0.1) is 12.7 Å². The molecule has 0 heterocycles. The maximum absolute atomic E-state index is 6.00. The molecule has 0 atom stereocenters. The lowest BCUT2D eigenvalue weighted by Gasteiger charge is -2.19. The van der Waals surface area contributed by atoms with Crippen molar-refractivity contribution >= 4 is 5.69 Å². The van der Waals surface area contributed by atoms with Crippen molar-refractivity contribution in [1.82, 2.24) is 5.43 Å². The predicted octanol–water partition coefficient (Wildman–Crippen LogP) is 4.72. The standard InChI is InChI=1S/C21H28N2O2/c1-5-10-18-13-17(15-22-23-19-11-8-7-9-12-19)14-20(24-6-2)21(18)25-16(3)4/h5,7-9,11-14,16,22-23H,1,6,10,15H2,2-4H3. The molecule has 0 aromatic heterocycles. The molecule has 0 unspecified atom stereocenters. The van der Waals surface area contributed by atoms with E-state index in [1.807, 2.05) is 63.2 Å². The highest BCUT2D eigenvalue weighted by atomic mass is 16.5. The molecule has 134 valence electrons. The van der Waals surface area contributed by atoms with E-state index < -0.39 is 0 Å². The second-order valence-corrected chi connectivity index (χ2v) is 6.02. The number of benzene rings is 2. The van der Waals surface area contributed by atoms with Gasteiger partial charge >= 0.3 is 0 Å². The van der Waals surface area contributed by atoms with E-state index in [1.54, 1.807) is 0 Å². The summed E-state index contributed by atoms with van der Waals surface area (Å²) in [6.07, 6.45) is 2.71. The van der Waals surface area contributed by atoms with Gasteiger partial charge in [0.1, 0.15) is 0 Å². The Hall–Kier alpha value is -2.46. The lowest BCUT2D eigenvalue weighted by Crippen LogP contribution is -2.21. The quantitative estimate of drug-likeness (QED) is 0.485. The molecule has 0 saturated heterocycles. The van der Waals surface area contributed by atoms with Gasteiger partial charge in [0.2, 0.25) is 0 Å². The zero-order valence-electron chi connectivity index (χ0n) is 15.3. The Balaban J connectivity index is 2.17. The summed E-state index contributed by atoms with van der Waals surface area (Å²) in [6, 6.07) is 14.2. The van der Waals surface area contributed by atoms with Crippen LogP contribution in [0.4, 0.5) is 5.69 Å². The molecule has 0 aliphatic heterocycles. The Morgan fingerprint density at radius 3 is 2.56 bits per heavy atom. The van der Waals surface area contributed by atoms with Crippen LogP contribution in [0.2, 0.25) is 0 Å². The van der Waals surface area contributed by atoms with E-state index >= 15 is 0 Å². The monoisotopic (exact) mass is 340 g/mol. The SMILES string of the molecule is C=CCc1cc(CNNc2ccccc2)cc(OCC)c1OC(C)C. The molecular formula is C21H28N2O2. The van der Waals surface area contributed by atoms with Gasteiger partial charge in [0, 0.05) is 17.8 Å². The number of hydrazine groups is 1. The van der Waals surface area contributed by atoms with Crippen molar-refractivity contribution in [3.63, 3.8) is 0 Å². The van der Waals surface area contributed by atoms with Crippen LogP contribution in [0.3, 0.4) is 0 Å². The number of hydrogen-bond acceptors (Lipinski definition) is 4. The van der Waals surface area contributed by atoms with Crippen LogP contribution in [-0.2, 0) is 13.0 Å². The van der Waals surface area contributed by atoms with Crippen LogP contribution in [0, 0.1) is 0 Å². The number of nitrogens with one attached hydrogen (secondary N) is 2. The van der Waals surface area contributed by atoms with E-state index in [4.69, 9.17) is 9.47 Å². The third kappa shape index (κ3) is 5.84. The third-order valence-electron chi connectivity index (χ3n) is 3.51. The van der Waals surface area contributed by atoms with Crippen molar-refractivity contribution in [2.75, 3.05) is 12.0 Å².